The van der Waals surface area contributed by atoms with Crippen molar-refractivity contribution >= 4 is 21.2 Å². The van der Waals surface area contributed by atoms with Crippen LogP contribution < -0.4 is 9.44 Å². The number of hydrogen-bond acceptors (Lipinski definition) is 4. The van der Waals surface area contributed by atoms with Gasteiger partial charge in [0.05, 0.1) is 17.2 Å². The van der Waals surface area contributed by atoms with E-state index in [1.165, 1.54) is 12.1 Å². The monoisotopic (exact) mass is 431 g/mol. The third kappa shape index (κ3) is 4.85. The third-order valence-electron chi connectivity index (χ3n) is 5.52. The van der Waals surface area contributed by atoms with Gasteiger partial charge in [-0.1, -0.05) is 6.92 Å². The molecule has 0 unspecified atom stereocenters. The average Bonchev–Trinajstić information content (AvgIpc) is 3.16. The number of benzene rings is 1. The quantitative estimate of drug-likeness (QED) is 0.532. The summed E-state index contributed by atoms with van der Waals surface area (Å²) in [5, 5.41) is 0. The maximum absolute atomic E-state index is 13.2. The Labute approximate surface area is 175 Å². The molecule has 1 aliphatic carbocycles. The molecule has 0 aliphatic heterocycles. The molecule has 4 rings (SSSR count). The highest BCUT2D eigenvalue weighted by Crippen LogP contribution is 2.34. The molecule has 160 valence electrons. The maximum atomic E-state index is 13.2. The summed E-state index contributed by atoms with van der Waals surface area (Å²) in [6, 6.07) is 8.14. The molecular formula is C21H26FN5O2S. The summed E-state index contributed by atoms with van der Waals surface area (Å²) in [5.41, 5.74) is 3.56. The predicted octanol–water partition coefficient (Wildman–Crippen LogP) is 3.62. The highest BCUT2D eigenvalue weighted by Gasteiger charge is 2.26. The number of aromatic nitrogens is 3. The molecule has 1 aliphatic rings. The van der Waals surface area contributed by atoms with Gasteiger partial charge in [0.15, 0.2) is 5.82 Å². The van der Waals surface area contributed by atoms with Crippen LogP contribution in [0.5, 0.6) is 0 Å². The van der Waals surface area contributed by atoms with Gasteiger partial charge in [0, 0.05) is 23.8 Å². The van der Waals surface area contributed by atoms with Crippen molar-refractivity contribution in [1.82, 2.24) is 24.4 Å². The molecule has 1 fully saturated rings. The number of hydrogen-bond donors (Lipinski definition) is 3. The average molecular weight is 432 g/mol. The lowest BCUT2D eigenvalue weighted by molar-refractivity contribution is 0.369. The van der Waals surface area contributed by atoms with Gasteiger partial charge in [-0.05, 0) is 68.4 Å². The Morgan fingerprint density at radius 2 is 1.90 bits per heavy atom. The van der Waals surface area contributed by atoms with Crippen LogP contribution in [-0.4, -0.2) is 36.0 Å². The highest BCUT2D eigenvalue weighted by atomic mass is 32.2. The van der Waals surface area contributed by atoms with Gasteiger partial charge >= 0.3 is 0 Å². The number of H-pyrrole nitrogens is 1. The van der Waals surface area contributed by atoms with E-state index in [9.17, 15) is 12.8 Å². The second kappa shape index (κ2) is 8.79. The van der Waals surface area contributed by atoms with Gasteiger partial charge in [-0.25, -0.2) is 19.1 Å². The van der Waals surface area contributed by atoms with Crippen LogP contribution in [0.2, 0.25) is 0 Å². The van der Waals surface area contributed by atoms with E-state index < -0.39 is 10.2 Å². The first-order chi connectivity index (χ1) is 14.4. The molecule has 0 amide bonds. The molecule has 1 saturated carbocycles. The second-order valence-corrected chi connectivity index (χ2v) is 9.32. The Kier molecular flexibility index (Phi) is 6.12. The number of fused-ring (bicyclic) bond motifs is 1. The third-order valence-corrected chi connectivity index (χ3v) is 6.75. The molecule has 0 atom stereocenters. The Hall–Kier alpha value is -2.36. The Balaban J connectivity index is 1.42. The van der Waals surface area contributed by atoms with E-state index in [2.05, 4.69) is 24.4 Å². The largest absolute Gasteiger partial charge is 0.356 e. The van der Waals surface area contributed by atoms with Crippen molar-refractivity contribution in [2.45, 2.75) is 51.0 Å². The minimum Gasteiger partial charge on any atom is -0.356 e. The number of halogens is 1. The van der Waals surface area contributed by atoms with Crippen molar-refractivity contribution in [2.75, 3.05) is 6.54 Å². The summed E-state index contributed by atoms with van der Waals surface area (Å²) in [6.45, 7) is 2.38. The first-order valence-electron chi connectivity index (χ1n) is 10.3. The van der Waals surface area contributed by atoms with Crippen LogP contribution in [0.3, 0.4) is 0 Å². The fourth-order valence-electron chi connectivity index (χ4n) is 3.92. The van der Waals surface area contributed by atoms with Crippen molar-refractivity contribution in [3.05, 3.63) is 48.0 Å². The topological polar surface area (TPSA) is 99.8 Å². The van der Waals surface area contributed by atoms with Gasteiger partial charge in [0.2, 0.25) is 0 Å². The van der Waals surface area contributed by atoms with Crippen LogP contribution in [0.25, 0.3) is 22.4 Å². The lowest BCUT2D eigenvalue weighted by Crippen LogP contribution is -2.44. The van der Waals surface area contributed by atoms with E-state index in [1.54, 1.807) is 18.3 Å². The van der Waals surface area contributed by atoms with E-state index in [0.29, 0.717) is 18.3 Å². The maximum Gasteiger partial charge on any atom is 0.277 e. The molecule has 7 nitrogen and oxygen atoms in total. The SMILES string of the molecule is CCCNS(=O)(=O)NC1CCC(c2cc3nc(-c4ccc(F)cc4)ncc3[nH]2)CC1. The van der Waals surface area contributed by atoms with E-state index in [1.807, 2.05) is 13.0 Å². The molecule has 0 bridgehead atoms. The van der Waals surface area contributed by atoms with Gasteiger partial charge in [-0.3, -0.25) is 0 Å². The molecule has 3 aromatic rings. The fourth-order valence-corrected chi connectivity index (χ4v) is 5.15. The minimum atomic E-state index is -3.43. The molecular weight excluding hydrogens is 405 g/mol. The molecule has 0 radical (unpaired) electrons. The Morgan fingerprint density at radius 3 is 2.60 bits per heavy atom. The summed E-state index contributed by atoms with van der Waals surface area (Å²) >= 11 is 0. The standard InChI is InChI=1S/C21H26FN5O2S/c1-2-11-24-30(28,29)27-17-9-5-14(6-10-17)18-12-19-20(25-18)13-23-21(26-19)15-3-7-16(22)8-4-15/h3-4,7-8,12-14,17,24-25,27H,2,5-6,9-11H2,1H3. The van der Waals surface area contributed by atoms with Crippen molar-refractivity contribution in [3.63, 3.8) is 0 Å². The normalized spacial score (nSPS) is 19.9. The van der Waals surface area contributed by atoms with E-state index in [-0.39, 0.29) is 11.9 Å². The molecule has 2 aromatic heterocycles. The first-order valence-corrected chi connectivity index (χ1v) is 11.8. The van der Waals surface area contributed by atoms with E-state index in [0.717, 1.165) is 54.4 Å². The summed E-state index contributed by atoms with van der Waals surface area (Å²) in [5.74, 6) is 0.603. The van der Waals surface area contributed by atoms with Gasteiger partial charge < -0.3 is 4.98 Å². The fraction of sp³-hybridized carbons (Fsp3) is 0.429. The van der Waals surface area contributed by atoms with Crippen LogP contribution in [0.1, 0.15) is 50.6 Å². The Morgan fingerprint density at radius 1 is 1.17 bits per heavy atom. The van der Waals surface area contributed by atoms with Gasteiger partial charge in [0.25, 0.3) is 10.2 Å². The number of aromatic amines is 1. The van der Waals surface area contributed by atoms with Crippen molar-refractivity contribution in [1.29, 1.82) is 0 Å². The summed E-state index contributed by atoms with van der Waals surface area (Å²) in [7, 11) is -3.43. The molecule has 3 N–H and O–H groups in total. The molecule has 9 heteroatoms. The van der Waals surface area contributed by atoms with Crippen LogP contribution in [-0.2, 0) is 10.2 Å². The molecule has 1 aromatic carbocycles. The van der Waals surface area contributed by atoms with Crippen LogP contribution >= 0.6 is 0 Å². The van der Waals surface area contributed by atoms with E-state index in [4.69, 9.17) is 0 Å². The highest BCUT2D eigenvalue weighted by molar-refractivity contribution is 7.87. The number of nitrogens with zero attached hydrogens (tertiary/aromatic N) is 2. The summed E-state index contributed by atoms with van der Waals surface area (Å²) < 4.78 is 42.5. The smallest absolute Gasteiger partial charge is 0.277 e. The molecule has 0 spiro atoms. The Bertz CT molecular complexity index is 1110. The van der Waals surface area contributed by atoms with Crippen LogP contribution in [0, 0.1) is 5.82 Å². The lowest BCUT2D eigenvalue weighted by atomic mass is 9.84. The zero-order valence-electron chi connectivity index (χ0n) is 16.9. The molecule has 2 heterocycles. The molecule has 30 heavy (non-hydrogen) atoms. The number of rotatable bonds is 7. The van der Waals surface area contributed by atoms with Crippen LogP contribution in [0.4, 0.5) is 4.39 Å². The lowest BCUT2D eigenvalue weighted by Gasteiger charge is -2.28. The molecule has 0 saturated heterocycles. The minimum absolute atomic E-state index is 0.0372. The number of nitrogens with one attached hydrogen (secondary N) is 3. The summed E-state index contributed by atoms with van der Waals surface area (Å²) in [6.07, 6.45) is 5.89. The van der Waals surface area contributed by atoms with Gasteiger partial charge in [0.1, 0.15) is 5.82 Å². The van der Waals surface area contributed by atoms with Crippen molar-refractivity contribution < 1.29 is 12.8 Å². The van der Waals surface area contributed by atoms with Gasteiger partial charge in [-0.15, -0.1) is 0 Å². The van der Waals surface area contributed by atoms with Crippen molar-refractivity contribution in [2.24, 2.45) is 0 Å². The van der Waals surface area contributed by atoms with E-state index >= 15 is 0 Å². The van der Waals surface area contributed by atoms with Gasteiger partial charge in [-0.2, -0.15) is 13.1 Å². The summed E-state index contributed by atoms with van der Waals surface area (Å²) in [4.78, 5) is 12.4. The van der Waals surface area contributed by atoms with Crippen LogP contribution in [0.15, 0.2) is 36.5 Å². The zero-order chi connectivity index (χ0) is 21.1. The first kappa shape index (κ1) is 20.9. The second-order valence-electron chi connectivity index (χ2n) is 7.79. The zero-order valence-corrected chi connectivity index (χ0v) is 17.7. The van der Waals surface area contributed by atoms with Crippen molar-refractivity contribution in [3.8, 4) is 11.4 Å². The predicted molar refractivity (Wildman–Crippen MR) is 115 cm³/mol.